The van der Waals surface area contributed by atoms with Gasteiger partial charge in [-0.1, -0.05) is 0 Å². The molecule has 0 amide bonds. The van der Waals surface area contributed by atoms with Gasteiger partial charge >= 0.3 is 0 Å². The van der Waals surface area contributed by atoms with Crippen LogP contribution in [0.15, 0.2) is 6.20 Å². The van der Waals surface area contributed by atoms with E-state index in [2.05, 4.69) is 36.1 Å². The van der Waals surface area contributed by atoms with Crippen LogP contribution in [0.5, 0.6) is 0 Å². The van der Waals surface area contributed by atoms with E-state index < -0.39 is 0 Å². The van der Waals surface area contributed by atoms with Gasteiger partial charge in [0.1, 0.15) is 11.4 Å². The van der Waals surface area contributed by atoms with Gasteiger partial charge in [0.05, 0.1) is 0 Å². The molecule has 1 saturated carbocycles. The van der Waals surface area contributed by atoms with Gasteiger partial charge in [0.15, 0.2) is 0 Å². The fourth-order valence-corrected chi connectivity index (χ4v) is 2.08. The first-order valence-electron chi connectivity index (χ1n) is 6.30. The lowest BCUT2D eigenvalue weighted by Gasteiger charge is -2.38. The number of methoxy groups -OCH3 is 1. The van der Waals surface area contributed by atoms with Crippen molar-refractivity contribution in [2.45, 2.75) is 57.7 Å². The van der Waals surface area contributed by atoms with Crippen molar-refractivity contribution in [2.24, 2.45) is 0 Å². The van der Waals surface area contributed by atoms with E-state index in [1.807, 2.05) is 6.20 Å². The number of imidazole rings is 1. The van der Waals surface area contributed by atoms with E-state index in [0.29, 0.717) is 0 Å². The quantitative estimate of drug-likeness (QED) is 0.845. The highest BCUT2D eigenvalue weighted by Crippen LogP contribution is 2.42. The first-order valence-corrected chi connectivity index (χ1v) is 6.30. The second kappa shape index (κ2) is 4.42. The molecule has 17 heavy (non-hydrogen) atoms. The number of rotatable bonds is 4. The molecule has 0 radical (unpaired) electrons. The topological polar surface area (TPSA) is 49.9 Å². The average molecular weight is 237 g/mol. The lowest BCUT2D eigenvalue weighted by atomic mass is 9.79. The van der Waals surface area contributed by atoms with Gasteiger partial charge in [0.2, 0.25) is 0 Å². The summed E-state index contributed by atoms with van der Waals surface area (Å²) in [7, 11) is 1.77. The van der Waals surface area contributed by atoms with E-state index in [1.165, 1.54) is 6.42 Å². The fourth-order valence-electron chi connectivity index (χ4n) is 2.08. The van der Waals surface area contributed by atoms with Gasteiger partial charge in [0, 0.05) is 31.1 Å². The molecule has 1 fully saturated rings. The Bertz CT molecular complexity index is 369. The van der Waals surface area contributed by atoms with E-state index in [9.17, 15) is 0 Å². The van der Waals surface area contributed by atoms with Crippen LogP contribution in [-0.2, 0) is 16.9 Å². The molecule has 0 saturated heterocycles. The smallest absolute Gasteiger partial charge is 0.138 e. The Kier molecular flexibility index (Phi) is 3.27. The van der Waals surface area contributed by atoms with Crippen LogP contribution >= 0.6 is 0 Å². The summed E-state index contributed by atoms with van der Waals surface area (Å²) in [6.07, 6.45) is 5.28. The Balaban J connectivity index is 2.01. The van der Waals surface area contributed by atoms with Crippen LogP contribution in [0.3, 0.4) is 0 Å². The summed E-state index contributed by atoms with van der Waals surface area (Å²) in [6, 6.07) is 0. The largest absolute Gasteiger partial charge is 0.370 e. The summed E-state index contributed by atoms with van der Waals surface area (Å²) in [5.41, 5.74) is 1.11. The van der Waals surface area contributed by atoms with Crippen LogP contribution in [0, 0.1) is 0 Å². The van der Waals surface area contributed by atoms with Crippen LogP contribution in [-0.4, -0.2) is 22.6 Å². The van der Waals surface area contributed by atoms with E-state index >= 15 is 0 Å². The van der Waals surface area contributed by atoms with Crippen molar-refractivity contribution in [3.8, 4) is 0 Å². The molecule has 4 heteroatoms. The number of aromatic nitrogens is 2. The van der Waals surface area contributed by atoms with Gasteiger partial charge < -0.3 is 15.0 Å². The second-order valence-corrected chi connectivity index (χ2v) is 5.91. The molecular formula is C13H23N3O. The van der Waals surface area contributed by atoms with Crippen molar-refractivity contribution < 1.29 is 4.74 Å². The zero-order valence-electron chi connectivity index (χ0n) is 11.3. The maximum atomic E-state index is 5.60. The molecule has 2 rings (SSSR count). The van der Waals surface area contributed by atoms with Gasteiger partial charge in [-0.15, -0.1) is 0 Å². The summed E-state index contributed by atoms with van der Waals surface area (Å²) in [5, 5.41) is 3.44. The van der Waals surface area contributed by atoms with Gasteiger partial charge in [-0.3, -0.25) is 0 Å². The van der Waals surface area contributed by atoms with Crippen molar-refractivity contribution in [3.05, 3.63) is 17.7 Å². The van der Waals surface area contributed by atoms with Crippen molar-refractivity contribution in [1.29, 1.82) is 0 Å². The summed E-state index contributed by atoms with van der Waals surface area (Å²) < 4.78 is 5.60. The number of H-pyrrole nitrogens is 1. The van der Waals surface area contributed by atoms with E-state index in [1.54, 1.807) is 7.11 Å². The maximum absolute atomic E-state index is 5.60. The molecule has 0 unspecified atom stereocenters. The molecule has 0 spiro atoms. The normalized spacial score (nSPS) is 19.1. The van der Waals surface area contributed by atoms with E-state index in [0.717, 1.165) is 30.9 Å². The monoisotopic (exact) mass is 237 g/mol. The van der Waals surface area contributed by atoms with E-state index in [4.69, 9.17) is 4.74 Å². The number of nitrogens with one attached hydrogen (secondary N) is 2. The lowest BCUT2D eigenvalue weighted by Crippen LogP contribution is -2.37. The number of ether oxygens (including phenoxy) is 1. The van der Waals surface area contributed by atoms with Crippen LogP contribution in [0.25, 0.3) is 0 Å². The predicted octanol–water partition coefficient (Wildman–Crippen LogP) is 2.32. The Morgan fingerprint density at radius 1 is 1.47 bits per heavy atom. The minimum atomic E-state index is -0.139. The Morgan fingerprint density at radius 2 is 2.18 bits per heavy atom. The van der Waals surface area contributed by atoms with Crippen molar-refractivity contribution in [3.63, 3.8) is 0 Å². The lowest BCUT2D eigenvalue weighted by molar-refractivity contribution is -0.0841. The molecule has 0 bridgehead atoms. The molecule has 2 N–H and O–H groups in total. The first-order chi connectivity index (χ1) is 7.95. The molecule has 4 nitrogen and oxygen atoms in total. The highest BCUT2D eigenvalue weighted by molar-refractivity contribution is 5.12. The molecule has 1 aromatic rings. The summed E-state index contributed by atoms with van der Waals surface area (Å²) in [5.74, 6) is 0.983. The number of aromatic amines is 1. The van der Waals surface area contributed by atoms with Crippen molar-refractivity contribution >= 4 is 0 Å². The molecule has 1 aliphatic rings. The Labute approximate surface area is 103 Å². The third-order valence-corrected chi connectivity index (χ3v) is 3.42. The molecule has 0 aromatic carbocycles. The zero-order chi connectivity index (χ0) is 12.5. The standard InChI is InChI=1S/C13H23N3O/c1-12(2,3)15-9-10-8-14-11(16-10)13(17-4)6-5-7-13/h8,15H,5-7,9H2,1-4H3,(H,14,16). The van der Waals surface area contributed by atoms with Crippen LogP contribution in [0.2, 0.25) is 0 Å². The number of hydrogen-bond donors (Lipinski definition) is 2. The van der Waals surface area contributed by atoms with Gasteiger partial charge in [-0.25, -0.2) is 4.98 Å². The first kappa shape index (κ1) is 12.6. The molecule has 96 valence electrons. The molecular weight excluding hydrogens is 214 g/mol. The molecule has 1 heterocycles. The SMILES string of the molecule is COC1(c2ncc(CNC(C)(C)C)[nH]2)CCC1. The predicted molar refractivity (Wildman–Crippen MR) is 67.7 cm³/mol. The third kappa shape index (κ3) is 2.69. The number of nitrogens with zero attached hydrogens (tertiary/aromatic N) is 1. The minimum absolute atomic E-state index is 0.126. The summed E-state index contributed by atoms with van der Waals surface area (Å²) >= 11 is 0. The summed E-state index contributed by atoms with van der Waals surface area (Å²) in [6.45, 7) is 7.29. The van der Waals surface area contributed by atoms with Crippen LogP contribution in [0.4, 0.5) is 0 Å². The molecule has 1 aliphatic carbocycles. The molecule has 0 aliphatic heterocycles. The molecule has 1 aromatic heterocycles. The fraction of sp³-hybridized carbons (Fsp3) is 0.769. The van der Waals surface area contributed by atoms with Crippen LogP contribution < -0.4 is 5.32 Å². The Morgan fingerprint density at radius 3 is 2.65 bits per heavy atom. The number of hydrogen-bond acceptors (Lipinski definition) is 3. The third-order valence-electron chi connectivity index (χ3n) is 3.42. The highest BCUT2D eigenvalue weighted by Gasteiger charge is 2.41. The van der Waals surface area contributed by atoms with Crippen LogP contribution in [0.1, 0.15) is 51.6 Å². The minimum Gasteiger partial charge on any atom is -0.370 e. The van der Waals surface area contributed by atoms with Gasteiger partial charge in [-0.2, -0.15) is 0 Å². The van der Waals surface area contributed by atoms with Gasteiger partial charge in [0.25, 0.3) is 0 Å². The van der Waals surface area contributed by atoms with Crippen molar-refractivity contribution in [1.82, 2.24) is 15.3 Å². The zero-order valence-corrected chi connectivity index (χ0v) is 11.3. The highest BCUT2D eigenvalue weighted by atomic mass is 16.5. The average Bonchev–Trinajstić information content (AvgIpc) is 2.62. The second-order valence-electron chi connectivity index (χ2n) is 5.91. The Hall–Kier alpha value is -0.870. The van der Waals surface area contributed by atoms with E-state index in [-0.39, 0.29) is 11.1 Å². The maximum Gasteiger partial charge on any atom is 0.138 e. The summed E-state index contributed by atoms with van der Waals surface area (Å²) in [4.78, 5) is 7.84. The van der Waals surface area contributed by atoms with Crippen molar-refractivity contribution in [2.75, 3.05) is 7.11 Å². The molecule has 0 atom stereocenters. The van der Waals surface area contributed by atoms with Gasteiger partial charge in [-0.05, 0) is 40.0 Å².